The van der Waals surface area contributed by atoms with E-state index in [0.29, 0.717) is 6.54 Å². The molecule has 0 radical (unpaired) electrons. The van der Waals surface area contributed by atoms with Gasteiger partial charge >= 0.3 is 0 Å². The average Bonchev–Trinajstić information content (AvgIpc) is 3.35. The molecule has 2 heterocycles. The number of rotatable bonds is 6. The molecule has 0 bridgehead atoms. The van der Waals surface area contributed by atoms with Crippen LogP contribution >= 0.6 is 11.8 Å². The third-order valence-electron chi connectivity index (χ3n) is 4.42. The molecule has 0 aliphatic carbocycles. The molecule has 3 aromatic rings. The van der Waals surface area contributed by atoms with Gasteiger partial charge in [0.2, 0.25) is 5.91 Å². The lowest BCUT2D eigenvalue weighted by Crippen LogP contribution is -2.30. The molecule has 28 heavy (non-hydrogen) atoms. The zero-order valence-electron chi connectivity index (χ0n) is 15.2. The van der Waals surface area contributed by atoms with Crippen LogP contribution in [0.5, 0.6) is 5.75 Å². The van der Waals surface area contributed by atoms with E-state index in [4.69, 9.17) is 9.15 Å². The first kappa shape index (κ1) is 18.5. The Balaban J connectivity index is 1.35. The molecule has 0 spiro atoms. The van der Waals surface area contributed by atoms with Gasteiger partial charge in [0.25, 0.3) is 11.1 Å². The minimum absolute atomic E-state index is 0.00893. The van der Waals surface area contributed by atoms with Gasteiger partial charge in [-0.15, -0.1) is 10.2 Å². The van der Waals surface area contributed by atoms with Gasteiger partial charge in [-0.25, -0.2) is 4.39 Å². The van der Waals surface area contributed by atoms with Crippen molar-refractivity contribution < 1.29 is 18.3 Å². The van der Waals surface area contributed by atoms with Crippen LogP contribution in [-0.4, -0.2) is 28.4 Å². The van der Waals surface area contributed by atoms with Crippen molar-refractivity contribution in [3.8, 4) is 5.75 Å². The highest BCUT2D eigenvalue weighted by Gasteiger charge is 2.25. The van der Waals surface area contributed by atoms with E-state index in [1.54, 1.807) is 24.0 Å². The van der Waals surface area contributed by atoms with Crippen LogP contribution in [0.1, 0.15) is 24.5 Å². The molecule has 6 nitrogen and oxygen atoms in total. The van der Waals surface area contributed by atoms with Crippen LogP contribution in [0.3, 0.4) is 0 Å². The fraction of sp³-hybridized carbons (Fsp3) is 0.250. The maximum absolute atomic E-state index is 13.7. The van der Waals surface area contributed by atoms with Crippen molar-refractivity contribution in [2.75, 3.05) is 17.2 Å². The summed E-state index contributed by atoms with van der Waals surface area (Å²) in [6.45, 7) is 2.38. The molecule has 1 aliphatic rings. The standard InChI is InChI=1S/C20H18FN3O3S/c1-13(26-17-9-5-3-7-15(17)21)19-22-23-20(27-19)28-12-18(25)24-11-10-14-6-2-4-8-16(14)24/h2-9,13H,10-12H2,1H3. The van der Waals surface area contributed by atoms with Crippen LogP contribution in [0, 0.1) is 5.82 Å². The Hall–Kier alpha value is -2.87. The van der Waals surface area contributed by atoms with Gasteiger partial charge in [-0.05, 0) is 37.1 Å². The minimum Gasteiger partial charge on any atom is -0.478 e. The lowest BCUT2D eigenvalue weighted by molar-refractivity contribution is -0.116. The van der Waals surface area contributed by atoms with Gasteiger partial charge < -0.3 is 14.1 Å². The number of thioether (sulfide) groups is 1. The number of benzene rings is 2. The molecule has 8 heteroatoms. The number of aromatic nitrogens is 2. The summed E-state index contributed by atoms with van der Waals surface area (Å²) >= 11 is 1.18. The van der Waals surface area contributed by atoms with Crippen LogP contribution < -0.4 is 9.64 Å². The Labute approximate surface area is 165 Å². The first-order valence-electron chi connectivity index (χ1n) is 8.87. The summed E-state index contributed by atoms with van der Waals surface area (Å²) in [5.41, 5.74) is 2.14. The number of carbonyl (C=O) groups is 1. The highest BCUT2D eigenvalue weighted by atomic mass is 32.2. The number of fused-ring (bicyclic) bond motifs is 1. The average molecular weight is 399 g/mol. The molecule has 0 saturated carbocycles. The third-order valence-corrected chi connectivity index (χ3v) is 5.22. The fourth-order valence-electron chi connectivity index (χ4n) is 3.02. The first-order chi connectivity index (χ1) is 13.6. The molecule has 2 aromatic carbocycles. The summed E-state index contributed by atoms with van der Waals surface area (Å²) in [7, 11) is 0. The highest BCUT2D eigenvalue weighted by Crippen LogP contribution is 2.29. The Bertz CT molecular complexity index is 994. The normalized spacial score (nSPS) is 14.0. The van der Waals surface area contributed by atoms with Crippen molar-refractivity contribution in [1.82, 2.24) is 10.2 Å². The molecule has 1 atom stereocenters. The summed E-state index contributed by atoms with van der Waals surface area (Å²) < 4.78 is 24.8. The van der Waals surface area contributed by atoms with E-state index >= 15 is 0 Å². The van der Waals surface area contributed by atoms with E-state index in [2.05, 4.69) is 10.2 Å². The number of carbonyl (C=O) groups excluding carboxylic acids is 1. The molecule has 1 aromatic heterocycles. The van der Waals surface area contributed by atoms with Gasteiger partial charge in [0, 0.05) is 12.2 Å². The summed E-state index contributed by atoms with van der Waals surface area (Å²) in [6.07, 6.45) is 0.252. The van der Waals surface area contributed by atoms with Crippen LogP contribution in [-0.2, 0) is 11.2 Å². The van der Waals surface area contributed by atoms with Crippen LogP contribution in [0.4, 0.5) is 10.1 Å². The van der Waals surface area contributed by atoms with Crippen molar-refractivity contribution in [3.63, 3.8) is 0 Å². The van der Waals surface area contributed by atoms with Crippen LogP contribution in [0.25, 0.3) is 0 Å². The van der Waals surface area contributed by atoms with Gasteiger partial charge in [0.05, 0.1) is 5.75 Å². The lowest BCUT2D eigenvalue weighted by Gasteiger charge is -2.16. The molecule has 4 rings (SSSR count). The zero-order valence-corrected chi connectivity index (χ0v) is 16.0. The molecule has 144 valence electrons. The number of halogens is 1. The molecular formula is C20H18FN3O3S. The van der Waals surface area contributed by atoms with E-state index < -0.39 is 11.9 Å². The molecule has 1 unspecified atom stereocenters. The van der Waals surface area contributed by atoms with Crippen molar-refractivity contribution in [2.24, 2.45) is 0 Å². The minimum atomic E-state index is -0.611. The molecule has 0 N–H and O–H groups in total. The van der Waals surface area contributed by atoms with Crippen LogP contribution in [0.2, 0.25) is 0 Å². The monoisotopic (exact) mass is 399 g/mol. The Kier molecular flexibility index (Phi) is 5.29. The van der Waals surface area contributed by atoms with Gasteiger partial charge in [-0.2, -0.15) is 0 Å². The molecule has 1 aliphatic heterocycles. The van der Waals surface area contributed by atoms with Crippen molar-refractivity contribution in [3.05, 3.63) is 65.8 Å². The predicted molar refractivity (Wildman–Crippen MR) is 103 cm³/mol. The first-order valence-corrected chi connectivity index (χ1v) is 9.86. The van der Waals surface area contributed by atoms with Crippen LogP contribution in [0.15, 0.2) is 58.2 Å². The smallest absolute Gasteiger partial charge is 0.277 e. The lowest BCUT2D eigenvalue weighted by atomic mass is 10.2. The second kappa shape index (κ2) is 8.02. The van der Waals surface area contributed by atoms with E-state index in [-0.39, 0.29) is 28.5 Å². The highest BCUT2D eigenvalue weighted by molar-refractivity contribution is 7.99. The number of ether oxygens (including phenoxy) is 1. The van der Waals surface area contributed by atoms with E-state index in [1.165, 1.54) is 29.5 Å². The van der Waals surface area contributed by atoms with Crippen molar-refractivity contribution >= 4 is 23.4 Å². The topological polar surface area (TPSA) is 68.5 Å². The SMILES string of the molecule is CC(Oc1ccccc1F)c1nnc(SCC(=O)N2CCc3ccccc32)o1. The number of para-hydroxylation sites is 2. The Morgan fingerprint density at radius 2 is 2.04 bits per heavy atom. The molecule has 0 saturated heterocycles. The second-order valence-corrected chi connectivity index (χ2v) is 7.24. The summed E-state index contributed by atoms with van der Waals surface area (Å²) in [4.78, 5) is 14.3. The number of nitrogens with zero attached hydrogens (tertiary/aromatic N) is 3. The number of anilines is 1. The number of hydrogen-bond donors (Lipinski definition) is 0. The molecule has 1 amide bonds. The zero-order chi connectivity index (χ0) is 19.5. The maximum Gasteiger partial charge on any atom is 0.277 e. The second-order valence-electron chi connectivity index (χ2n) is 6.31. The van der Waals surface area contributed by atoms with Crippen molar-refractivity contribution in [2.45, 2.75) is 24.7 Å². The summed E-state index contributed by atoms with van der Waals surface area (Å²) in [5, 5.41) is 8.17. The van der Waals surface area contributed by atoms with Gasteiger partial charge in [0.1, 0.15) is 0 Å². The largest absolute Gasteiger partial charge is 0.478 e. The van der Waals surface area contributed by atoms with E-state index in [9.17, 15) is 9.18 Å². The van der Waals surface area contributed by atoms with Gasteiger partial charge in [-0.3, -0.25) is 4.79 Å². The maximum atomic E-state index is 13.7. The third kappa shape index (κ3) is 3.87. The molecular weight excluding hydrogens is 381 g/mol. The number of hydrogen-bond acceptors (Lipinski definition) is 6. The quantitative estimate of drug-likeness (QED) is 0.583. The van der Waals surface area contributed by atoms with Gasteiger partial charge in [-0.1, -0.05) is 42.1 Å². The Morgan fingerprint density at radius 1 is 1.25 bits per heavy atom. The molecule has 0 fully saturated rings. The summed E-state index contributed by atoms with van der Waals surface area (Å²) in [5.74, 6) is 0.0683. The van der Waals surface area contributed by atoms with E-state index in [0.717, 1.165) is 12.1 Å². The van der Waals surface area contributed by atoms with E-state index in [1.807, 2.05) is 24.3 Å². The van der Waals surface area contributed by atoms with Crippen molar-refractivity contribution in [1.29, 1.82) is 0 Å². The van der Waals surface area contributed by atoms with Gasteiger partial charge in [0.15, 0.2) is 17.7 Å². The summed E-state index contributed by atoms with van der Waals surface area (Å²) in [6, 6.07) is 14.0. The number of amides is 1. The fourth-order valence-corrected chi connectivity index (χ4v) is 3.67. The Morgan fingerprint density at radius 3 is 2.89 bits per heavy atom. The predicted octanol–water partition coefficient (Wildman–Crippen LogP) is 4.03.